The van der Waals surface area contributed by atoms with Crippen LogP contribution in [0.2, 0.25) is 0 Å². The number of unbranched alkanes of at least 4 members (excludes halogenated alkanes) is 56. The zero-order valence-electron chi connectivity index (χ0n) is 65.8. The number of carbonyl (C=O) groups is 2. The Morgan fingerprint density at radius 1 is 0.294 bits per heavy atom. The van der Waals surface area contributed by atoms with E-state index in [-0.39, 0.29) is 11.8 Å². The van der Waals surface area contributed by atoms with Crippen LogP contribution < -0.4 is 0 Å². The van der Waals surface area contributed by atoms with E-state index in [4.69, 9.17) is 0 Å². The lowest BCUT2D eigenvalue weighted by molar-refractivity contribution is -0.124. The lowest BCUT2D eigenvalue weighted by Crippen LogP contribution is -2.30. The number of nitrogens with zero attached hydrogens (tertiary/aromatic N) is 2. The van der Waals surface area contributed by atoms with E-state index >= 15 is 9.59 Å². The van der Waals surface area contributed by atoms with Crippen molar-refractivity contribution in [3.05, 3.63) is 67.1 Å². The van der Waals surface area contributed by atoms with E-state index < -0.39 is 0 Å². The van der Waals surface area contributed by atoms with Gasteiger partial charge in [-0.15, -0.1) is 68.0 Å². The van der Waals surface area contributed by atoms with Crippen molar-refractivity contribution in [1.82, 2.24) is 9.80 Å². The largest absolute Gasteiger partial charge is 0.306 e. The number of rotatable bonds is 67. The summed E-state index contributed by atoms with van der Waals surface area (Å²) in [5, 5.41) is 5.97. The molecule has 0 saturated heterocycles. The smallest absolute Gasteiger partial charge is 0.261 e. The Bertz CT molecular complexity index is 3230. The summed E-state index contributed by atoms with van der Waals surface area (Å²) in [6, 6.07) is 8.92. The fraction of sp³-hybridized carbons (Fsp3) is 0.739. The van der Waals surface area contributed by atoms with Crippen LogP contribution in [0, 0.1) is 5.38 Å². The van der Waals surface area contributed by atoms with Crippen molar-refractivity contribution in [3.63, 3.8) is 0 Å². The second-order valence-electron chi connectivity index (χ2n) is 31.6. The number of amides is 2. The van der Waals surface area contributed by atoms with Crippen LogP contribution in [-0.2, 0) is 22.4 Å². The minimum absolute atomic E-state index is 0.0396. The first-order chi connectivity index (χ1) is 50.5. The summed E-state index contributed by atoms with van der Waals surface area (Å²) in [7, 11) is 0. The van der Waals surface area contributed by atoms with Gasteiger partial charge in [0.1, 0.15) is 0 Å². The highest BCUT2D eigenvalue weighted by Crippen LogP contribution is 2.56. The van der Waals surface area contributed by atoms with E-state index in [1.54, 1.807) is 16.9 Å². The molecular weight excluding hydrogens is 1360 g/mol. The fourth-order valence-electron chi connectivity index (χ4n) is 16.5. The number of hydrogen-bond donors (Lipinski definition) is 0. The van der Waals surface area contributed by atoms with Crippen molar-refractivity contribution >= 4 is 119 Å². The molecule has 0 N–H and O–H groups in total. The Hall–Kier alpha value is -2.60. The van der Waals surface area contributed by atoms with Crippen LogP contribution in [0.3, 0.4) is 0 Å². The van der Waals surface area contributed by atoms with E-state index in [2.05, 4.69) is 90.3 Å². The molecule has 0 fully saturated rings. The molecule has 0 bridgehead atoms. The highest BCUT2D eigenvalue weighted by Gasteiger charge is 2.49. The van der Waals surface area contributed by atoms with Gasteiger partial charge in [0.25, 0.3) is 11.8 Å². The van der Waals surface area contributed by atoms with Gasteiger partial charge in [0.05, 0.1) is 60.5 Å². The van der Waals surface area contributed by atoms with Gasteiger partial charge in [-0.05, 0) is 73.2 Å². The van der Waals surface area contributed by atoms with Gasteiger partial charge in [-0.3, -0.25) is 9.59 Å². The van der Waals surface area contributed by atoms with Gasteiger partial charge in [-0.25, -0.2) is 0 Å². The first-order valence-corrected chi connectivity index (χ1v) is 49.0. The standard InChI is InChI=1S/C92H145N2O2S6/c1-5-9-13-17-21-25-29-33-37-41-45-49-53-57-61-66-75-74-98-87-84(75)100-90-88-86(102-89(87)90)76(67-62-58-54-50-46-42-38-34-30-26-22-18-14-10-6-2)85(101-88)79-70-69-78(99-79)83-81-80(91(95)94(83)72-64-60-56-52-48-44-40-36-32-28-24-20-16-12-8-4)82(77-68-65-73-97-77)93(92(81)96)71-63-59-55-51-47-43-39-35-31-27-23-19-15-11-7-3/h65,68-70,73H,5-64,66-67,71-72H2,1-4H3. The number of aryl methyl sites for hydroxylation is 2. The van der Waals surface area contributed by atoms with Crippen LogP contribution in [-0.4, -0.2) is 34.7 Å². The summed E-state index contributed by atoms with van der Waals surface area (Å²) in [5.74, 6) is 0.0793. The first-order valence-electron chi connectivity index (χ1n) is 44.1. The molecule has 4 nitrogen and oxygen atoms in total. The maximum absolute atomic E-state index is 15.5. The van der Waals surface area contributed by atoms with E-state index in [1.807, 2.05) is 38.9 Å². The normalized spacial score (nSPS) is 13.6. The molecule has 10 heteroatoms. The van der Waals surface area contributed by atoms with Gasteiger partial charge in [-0.2, -0.15) is 0 Å². The maximum Gasteiger partial charge on any atom is 0.261 e. The van der Waals surface area contributed by atoms with Crippen LogP contribution in [0.15, 0.2) is 40.8 Å². The molecule has 2 amide bonds. The third-order valence-electron chi connectivity index (χ3n) is 22.8. The minimum Gasteiger partial charge on any atom is -0.306 e. The number of hydrogen-bond acceptors (Lipinski definition) is 8. The Morgan fingerprint density at radius 3 is 0.980 bits per heavy atom. The molecular formula is C92H145N2O2S6. The second-order valence-corrected chi connectivity index (χ2v) is 37.5. The van der Waals surface area contributed by atoms with Gasteiger partial charge in [0.15, 0.2) is 0 Å². The molecule has 0 spiro atoms. The molecule has 6 aromatic rings. The van der Waals surface area contributed by atoms with E-state index in [0.717, 1.165) is 59.7 Å². The minimum atomic E-state index is 0.0396. The van der Waals surface area contributed by atoms with Gasteiger partial charge in [0.2, 0.25) is 0 Å². The summed E-state index contributed by atoms with van der Waals surface area (Å²) in [5.41, 5.74) is 6.09. The summed E-state index contributed by atoms with van der Waals surface area (Å²) in [6.45, 7) is 10.6. The topological polar surface area (TPSA) is 40.6 Å². The van der Waals surface area contributed by atoms with Crippen molar-refractivity contribution < 1.29 is 9.59 Å². The van der Waals surface area contributed by atoms with E-state index in [9.17, 15) is 0 Å². The molecule has 0 atom stereocenters. The molecule has 0 aliphatic carbocycles. The summed E-state index contributed by atoms with van der Waals surface area (Å²) >= 11 is 11.6. The fourth-order valence-corrected chi connectivity index (χ4v) is 24.3. The SMILES string of the molecule is CCCCCCCCCCCCCCCCCc1[c]sc2c1sc1c3sc(-c4ccc(C5=C6C(=O)N(CCCCCCCCCCCCCCCCC)C(c7cccs7)=C6C(=O)N5CCCCCCCCCCCCCCCCC)s4)c(CCCCCCCCCCCCCCCCC)c3sc21. The van der Waals surface area contributed by atoms with Crippen LogP contribution >= 0.6 is 68.0 Å². The van der Waals surface area contributed by atoms with Crippen molar-refractivity contribution in [3.8, 4) is 9.75 Å². The third-order valence-corrected chi connectivity index (χ3v) is 30.3. The molecule has 1 radical (unpaired) electrons. The molecule has 6 aromatic heterocycles. The van der Waals surface area contributed by atoms with Crippen LogP contribution in [0.1, 0.15) is 434 Å². The van der Waals surface area contributed by atoms with E-state index in [1.165, 1.54) is 403 Å². The van der Waals surface area contributed by atoms with Gasteiger partial charge >= 0.3 is 0 Å². The highest BCUT2D eigenvalue weighted by atomic mass is 32.1. The second kappa shape index (κ2) is 52.5. The van der Waals surface area contributed by atoms with E-state index in [0.29, 0.717) is 24.2 Å². The Kier molecular flexibility index (Phi) is 43.7. The first kappa shape index (κ1) is 85.0. The zero-order valence-corrected chi connectivity index (χ0v) is 70.7. The molecule has 102 heavy (non-hydrogen) atoms. The molecule has 0 saturated carbocycles. The quantitative estimate of drug-likeness (QED) is 0.0357. The molecule has 571 valence electrons. The molecule has 0 unspecified atom stereocenters. The summed E-state index contributed by atoms with van der Waals surface area (Å²) in [4.78, 5) is 40.0. The monoisotopic (exact) mass is 1500 g/mol. The maximum atomic E-state index is 15.5. The van der Waals surface area contributed by atoms with Crippen LogP contribution in [0.5, 0.6) is 0 Å². The zero-order chi connectivity index (χ0) is 71.3. The van der Waals surface area contributed by atoms with Crippen molar-refractivity contribution in [2.75, 3.05) is 13.1 Å². The molecule has 8 heterocycles. The van der Waals surface area contributed by atoms with Crippen LogP contribution in [0.25, 0.3) is 49.3 Å². The Labute approximate surface area is 649 Å². The predicted octanol–water partition coefficient (Wildman–Crippen LogP) is 33.4. The van der Waals surface area contributed by atoms with Gasteiger partial charge in [-0.1, -0.05) is 393 Å². The van der Waals surface area contributed by atoms with Crippen molar-refractivity contribution in [2.45, 2.75) is 426 Å². The number of carbonyl (C=O) groups excluding carboxylic acids is 2. The van der Waals surface area contributed by atoms with Crippen LogP contribution in [0.4, 0.5) is 0 Å². The molecule has 2 aliphatic heterocycles. The number of fused-ring (bicyclic) bond motifs is 6. The lowest BCUT2D eigenvalue weighted by atomic mass is 10.0. The van der Waals surface area contributed by atoms with Gasteiger partial charge < -0.3 is 9.80 Å². The molecule has 8 rings (SSSR count). The molecule has 0 aromatic carbocycles. The predicted molar refractivity (Wildman–Crippen MR) is 461 cm³/mol. The Balaban J connectivity index is 0.955. The highest BCUT2D eigenvalue weighted by molar-refractivity contribution is 7.45. The summed E-state index contributed by atoms with van der Waals surface area (Å²) < 4.78 is 8.97. The third kappa shape index (κ3) is 28.4. The Morgan fingerprint density at radius 2 is 0.608 bits per heavy atom. The van der Waals surface area contributed by atoms with Crippen molar-refractivity contribution in [1.29, 1.82) is 0 Å². The average molecular weight is 1500 g/mol. The number of thiophene rings is 6. The van der Waals surface area contributed by atoms with Gasteiger partial charge in [0, 0.05) is 28.2 Å². The lowest BCUT2D eigenvalue weighted by Gasteiger charge is -2.24. The average Bonchev–Trinajstić information content (AvgIpc) is 1.56. The molecule has 2 aliphatic rings. The summed E-state index contributed by atoms with van der Waals surface area (Å²) in [6.07, 6.45) is 83.3. The van der Waals surface area contributed by atoms with Crippen molar-refractivity contribution in [2.24, 2.45) is 0 Å².